The van der Waals surface area contributed by atoms with Crippen molar-refractivity contribution in [3.8, 4) is 11.4 Å². The van der Waals surface area contributed by atoms with Crippen molar-refractivity contribution < 1.29 is 13.9 Å². The second-order valence-corrected chi connectivity index (χ2v) is 4.65. The van der Waals surface area contributed by atoms with Gasteiger partial charge in [-0.1, -0.05) is 6.92 Å². The lowest BCUT2D eigenvalue weighted by atomic mass is 10.2. The average Bonchev–Trinajstić information content (AvgIpc) is 2.86. The highest BCUT2D eigenvalue weighted by Gasteiger charge is 2.23. The molecular formula is C14H20N3O3+. The molecule has 0 spiro atoms. The first-order valence-corrected chi connectivity index (χ1v) is 6.66. The highest BCUT2D eigenvalue weighted by atomic mass is 16.5. The van der Waals surface area contributed by atoms with Gasteiger partial charge in [0.25, 0.3) is 0 Å². The van der Waals surface area contributed by atoms with Crippen molar-refractivity contribution in [3.63, 3.8) is 0 Å². The molecule has 2 aromatic rings. The van der Waals surface area contributed by atoms with Crippen LogP contribution in [0.15, 0.2) is 33.6 Å². The topological polar surface area (TPSA) is 71.1 Å². The Labute approximate surface area is 117 Å². The second kappa shape index (κ2) is 6.38. The molecule has 108 valence electrons. The summed E-state index contributed by atoms with van der Waals surface area (Å²) in [7, 11) is 1.61. The van der Waals surface area contributed by atoms with Crippen molar-refractivity contribution in [2.24, 2.45) is 0 Å². The predicted octanol–water partition coefficient (Wildman–Crippen LogP) is 1.14. The fourth-order valence-electron chi connectivity index (χ4n) is 1.80. The molecule has 0 saturated heterocycles. The van der Waals surface area contributed by atoms with Gasteiger partial charge in [0.1, 0.15) is 5.75 Å². The van der Waals surface area contributed by atoms with Crippen LogP contribution in [0.3, 0.4) is 0 Å². The molecule has 1 unspecified atom stereocenters. The molecule has 0 aliphatic heterocycles. The molecule has 0 bridgehead atoms. The number of nitrogens with zero attached hydrogens (tertiary/aromatic N) is 1. The molecule has 2 rings (SSSR count). The minimum Gasteiger partial charge on any atom is -0.497 e. The first kappa shape index (κ1) is 14.3. The van der Waals surface area contributed by atoms with E-state index in [2.05, 4.69) is 24.4 Å². The highest BCUT2D eigenvalue weighted by molar-refractivity contribution is 5.31. The number of aromatic nitrogens is 2. The van der Waals surface area contributed by atoms with E-state index in [4.69, 9.17) is 9.26 Å². The van der Waals surface area contributed by atoms with Crippen molar-refractivity contribution in [2.45, 2.75) is 32.9 Å². The summed E-state index contributed by atoms with van der Waals surface area (Å²) in [4.78, 5) is 11.8. The fourth-order valence-corrected chi connectivity index (χ4v) is 1.80. The molecule has 0 saturated carbocycles. The molecule has 0 aliphatic carbocycles. The summed E-state index contributed by atoms with van der Waals surface area (Å²) in [5, 5.41) is 5.90. The number of aromatic amines is 1. The van der Waals surface area contributed by atoms with E-state index < -0.39 is 0 Å². The number of rotatable bonds is 6. The Morgan fingerprint density at radius 2 is 2.10 bits per heavy atom. The monoisotopic (exact) mass is 278 g/mol. The normalized spacial score (nSPS) is 12.3. The molecular weight excluding hydrogens is 258 g/mol. The van der Waals surface area contributed by atoms with E-state index in [-0.39, 0.29) is 5.63 Å². The van der Waals surface area contributed by atoms with Gasteiger partial charge in [-0.3, -0.25) is 4.52 Å². The maximum Gasteiger partial charge on any atom is 0.431 e. The van der Waals surface area contributed by atoms with E-state index in [1.165, 1.54) is 0 Å². The zero-order chi connectivity index (χ0) is 14.5. The maximum atomic E-state index is 11.8. The van der Waals surface area contributed by atoms with Crippen LogP contribution in [0.4, 0.5) is 0 Å². The van der Waals surface area contributed by atoms with Crippen LogP contribution in [0.1, 0.15) is 26.0 Å². The van der Waals surface area contributed by atoms with E-state index >= 15 is 0 Å². The van der Waals surface area contributed by atoms with Crippen LogP contribution in [0.2, 0.25) is 0 Å². The van der Waals surface area contributed by atoms with Gasteiger partial charge in [-0.2, -0.15) is 0 Å². The Kier molecular flexibility index (Phi) is 4.57. The summed E-state index contributed by atoms with van der Waals surface area (Å²) < 4.78 is 11.6. The van der Waals surface area contributed by atoms with Crippen molar-refractivity contribution >= 4 is 0 Å². The van der Waals surface area contributed by atoms with Crippen LogP contribution in [0.25, 0.3) is 5.69 Å². The molecule has 0 fully saturated rings. The third-order valence-electron chi connectivity index (χ3n) is 3.30. The molecule has 1 atom stereocenters. The van der Waals surface area contributed by atoms with Crippen LogP contribution in [0.5, 0.6) is 5.75 Å². The molecule has 0 aliphatic rings. The van der Waals surface area contributed by atoms with Gasteiger partial charge in [-0.05, 0) is 35.4 Å². The Balaban J connectivity index is 2.25. The van der Waals surface area contributed by atoms with Gasteiger partial charge >= 0.3 is 11.3 Å². The van der Waals surface area contributed by atoms with Crippen molar-refractivity contribution in [3.05, 3.63) is 40.4 Å². The molecule has 1 heterocycles. The molecule has 1 aromatic carbocycles. The minimum atomic E-state index is -0.364. The summed E-state index contributed by atoms with van der Waals surface area (Å²) >= 11 is 0. The number of methoxy groups -OCH3 is 1. The fraction of sp³-hybridized carbons (Fsp3) is 0.429. The summed E-state index contributed by atoms with van der Waals surface area (Å²) in [6.07, 6.45) is 0.998. The quantitative estimate of drug-likeness (QED) is 0.777. The Bertz CT molecular complexity index is 601. The molecule has 0 radical (unpaired) electrons. The first-order chi connectivity index (χ1) is 9.65. The van der Waals surface area contributed by atoms with Gasteiger partial charge < -0.3 is 10.1 Å². The van der Waals surface area contributed by atoms with Crippen LogP contribution < -0.4 is 20.4 Å². The SMILES string of the molecule is CCC(C)NCc1c(=O)o[nH][n+]1-c1ccc(OC)cc1. The number of H-pyrrole nitrogens is 1. The number of ether oxygens (including phenoxy) is 1. The van der Waals surface area contributed by atoms with E-state index in [9.17, 15) is 4.79 Å². The number of hydrogen-bond donors (Lipinski definition) is 2. The largest absolute Gasteiger partial charge is 0.497 e. The first-order valence-electron chi connectivity index (χ1n) is 6.66. The van der Waals surface area contributed by atoms with Gasteiger partial charge in [0.2, 0.25) is 5.69 Å². The molecule has 2 N–H and O–H groups in total. The maximum absolute atomic E-state index is 11.8. The lowest BCUT2D eigenvalue weighted by Crippen LogP contribution is -2.42. The van der Waals surface area contributed by atoms with Gasteiger partial charge in [0.15, 0.2) is 0 Å². The van der Waals surface area contributed by atoms with E-state index in [0.717, 1.165) is 17.9 Å². The zero-order valence-electron chi connectivity index (χ0n) is 12.0. The molecule has 6 nitrogen and oxygen atoms in total. The summed E-state index contributed by atoms with van der Waals surface area (Å²) in [6.45, 7) is 4.62. The Morgan fingerprint density at radius 1 is 1.40 bits per heavy atom. The summed E-state index contributed by atoms with van der Waals surface area (Å²) in [5.74, 6) is 0.763. The lowest BCUT2D eigenvalue weighted by Gasteiger charge is -2.07. The second-order valence-electron chi connectivity index (χ2n) is 4.65. The van der Waals surface area contributed by atoms with E-state index in [0.29, 0.717) is 18.3 Å². The molecule has 6 heteroatoms. The van der Waals surface area contributed by atoms with Crippen LogP contribution in [-0.2, 0) is 6.54 Å². The third-order valence-corrected chi connectivity index (χ3v) is 3.30. The summed E-state index contributed by atoms with van der Waals surface area (Å²) in [5.41, 5.74) is 0.990. The van der Waals surface area contributed by atoms with E-state index in [1.54, 1.807) is 11.8 Å². The van der Waals surface area contributed by atoms with Crippen LogP contribution in [-0.4, -0.2) is 18.4 Å². The van der Waals surface area contributed by atoms with E-state index in [1.807, 2.05) is 24.3 Å². The van der Waals surface area contributed by atoms with Gasteiger partial charge in [0.05, 0.1) is 13.7 Å². The summed E-state index contributed by atoms with van der Waals surface area (Å²) in [6, 6.07) is 7.72. The third kappa shape index (κ3) is 3.08. The van der Waals surface area contributed by atoms with Crippen molar-refractivity contribution in [1.29, 1.82) is 0 Å². The average molecular weight is 278 g/mol. The van der Waals surface area contributed by atoms with Crippen molar-refractivity contribution in [2.75, 3.05) is 7.11 Å². The molecule has 20 heavy (non-hydrogen) atoms. The lowest BCUT2D eigenvalue weighted by molar-refractivity contribution is -0.677. The van der Waals surface area contributed by atoms with Gasteiger partial charge in [0, 0.05) is 18.2 Å². The highest BCUT2D eigenvalue weighted by Crippen LogP contribution is 2.10. The minimum absolute atomic E-state index is 0.341. The number of nitrogens with one attached hydrogen (secondary N) is 2. The van der Waals surface area contributed by atoms with Crippen LogP contribution >= 0.6 is 0 Å². The number of benzene rings is 1. The smallest absolute Gasteiger partial charge is 0.431 e. The predicted molar refractivity (Wildman–Crippen MR) is 74.0 cm³/mol. The zero-order valence-corrected chi connectivity index (χ0v) is 12.0. The van der Waals surface area contributed by atoms with Gasteiger partial charge in [-0.25, -0.2) is 4.79 Å². The Morgan fingerprint density at radius 3 is 2.70 bits per heavy atom. The Hall–Kier alpha value is -2.08. The van der Waals surface area contributed by atoms with Gasteiger partial charge in [-0.15, -0.1) is 0 Å². The standard InChI is InChI=1S/C14H19N3O3/c1-4-10(2)15-9-13-14(18)20-16-17(13)11-5-7-12(19-3)8-6-11/h5-8,10,15H,4,9H2,1-3H3/p+1. The van der Waals surface area contributed by atoms with Crippen LogP contribution in [0, 0.1) is 0 Å². The molecule has 0 amide bonds. The number of hydrogen-bond acceptors (Lipinski definition) is 4. The molecule has 1 aromatic heterocycles. The van der Waals surface area contributed by atoms with Crippen molar-refractivity contribution in [1.82, 2.24) is 10.6 Å².